The lowest BCUT2D eigenvalue weighted by Crippen LogP contribution is -2.23. The van der Waals surface area contributed by atoms with Crippen LogP contribution in [-0.2, 0) is 0 Å². The fourth-order valence-corrected chi connectivity index (χ4v) is 1.05. The maximum absolute atomic E-state index is 11.1. The van der Waals surface area contributed by atoms with Gasteiger partial charge in [0.1, 0.15) is 11.2 Å². The smallest absolute Gasteiger partial charge is 0.179 e. The number of carbonyl (C=O) groups is 1. The first-order chi connectivity index (χ1) is 6.56. The molecule has 1 aromatic rings. The number of allylic oxidation sites excluding steroid dienone is 1. The van der Waals surface area contributed by atoms with E-state index in [1.807, 2.05) is 6.92 Å². The van der Waals surface area contributed by atoms with E-state index in [9.17, 15) is 4.79 Å². The number of aromatic nitrogens is 2. The van der Waals surface area contributed by atoms with Crippen molar-refractivity contribution in [2.45, 2.75) is 13.8 Å². The summed E-state index contributed by atoms with van der Waals surface area (Å²) in [5.41, 5.74) is 1.83. The normalized spacial score (nSPS) is 11.5. The predicted molar refractivity (Wildman–Crippen MR) is 54.7 cm³/mol. The zero-order chi connectivity index (χ0) is 10.7. The van der Waals surface area contributed by atoms with Crippen LogP contribution in [0.1, 0.15) is 24.3 Å². The van der Waals surface area contributed by atoms with Gasteiger partial charge >= 0.3 is 0 Å². The van der Waals surface area contributed by atoms with E-state index in [0.29, 0.717) is 11.2 Å². The molecule has 0 aliphatic rings. The lowest BCUT2D eigenvalue weighted by Gasteiger charge is -2.05. The Morgan fingerprint density at radius 2 is 2.14 bits per heavy atom. The fraction of sp³-hybridized carbons (Fsp3) is 0.300. The van der Waals surface area contributed by atoms with Gasteiger partial charge in [0.15, 0.2) is 5.78 Å². The predicted octanol–water partition coefficient (Wildman–Crippen LogP) is 1.11. The Balaban J connectivity index is 3.44. The number of hydrogen-bond donors (Lipinski definition) is 0. The minimum atomic E-state index is -0.0670. The molecule has 0 aliphatic heterocycles. The number of carbonyl (C=O) groups excluding carboxylic acids is 1. The quantitative estimate of drug-likeness (QED) is 0.657. The zero-order valence-corrected chi connectivity index (χ0v) is 8.61. The molecular weight excluding hydrogens is 178 g/mol. The van der Waals surface area contributed by atoms with Crippen LogP contribution in [0, 0.1) is 0 Å². The van der Waals surface area contributed by atoms with E-state index in [4.69, 9.17) is 0 Å². The molecule has 74 valence electrons. The summed E-state index contributed by atoms with van der Waals surface area (Å²) < 4.78 is 1.55. The summed E-state index contributed by atoms with van der Waals surface area (Å²) in [6, 6.07) is 3.41. The average Bonchev–Trinajstić information content (AvgIpc) is 2.16. The first kappa shape index (κ1) is 10.4. The SMILES string of the molecule is C=C(C)n1nc(C(C)=O)ccc1=NC. The van der Waals surface area contributed by atoms with Crippen LogP contribution in [-0.4, -0.2) is 22.6 Å². The fourth-order valence-electron chi connectivity index (χ4n) is 1.05. The first-order valence-corrected chi connectivity index (χ1v) is 4.26. The van der Waals surface area contributed by atoms with E-state index in [-0.39, 0.29) is 5.78 Å². The molecule has 1 aromatic heterocycles. The zero-order valence-electron chi connectivity index (χ0n) is 8.61. The van der Waals surface area contributed by atoms with E-state index < -0.39 is 0 Å². The highest BCUT2D eigenvalue weighted by atomic mass is 16.1. The molecule has 4 nitrogen and oxygen atoms in total. The molecule has 0 aromatic carbocycles. The molecule has 0 bridgehead atoms. The molecule has 14 heavy (non-hydrogen) atoms. The Kier molecular flexibility index (Phi) is 2.96. The van der Waals surface area contributed by atoms with Crippen LogP contribution >= 0.6 is 0 Å². The third kappa shape index (κ3) is 1.96. The van der Waals surface area contributed by atoms with Gasteiger partial charge in [-0.1, -0.05) is 6.58 Å². The third-order valence-electron chi connectivity index (χ3n) is 1.77. The largest absolute Gasteiger partial charge is 0.293 e. The van der Waals surface area contributed by atoms with Crippen molar-refractivity contribution >= 4 is 11.5 Å². The Bertz CT molecular complexity index is 443. The number of hydrogen-bond acceptors (Lipinski definition) is 3. The molecule has 0 saturated heterocycles. The molecule has 0 amide bonds. The van der Waals surface area contributed by atoms with Crippen molar-refractivity contribution in [3.05, 3.63) is 29.9 Å². The maximum atomic E-state index is 11.1. The molecule has 0 spiro atoms. The van der Waals surface area contributed by atoms with Crippen LogP contribution in [0.15, 0.2) is 23.7 Å². The summed E-state index contributed by atoms with van der Waals surface area (Å²) in [5.74, 6) is -0.0670. The topological polar surface area (TPSA) is 47.2 Å². The molecule has 0 saturated carbocycles. The van der Waals surface area contributed by atoms with Gasteiger partial charge in [0.25, 0.3) is 0 Å². The Morgan fingerprint density at radius 1 is 1.50 bits per heavy atom. The molecule has 0 unspecified atom stereocenters. The second kappa shape index (κ2) is 4.00. The van der Waals surface area contributed by atoms with E-state index in [1.165, 1.54) is 6.92 Å². The van der Waals surface area contributed by atoms with Gasteiger partial charge < -0.3 is 0 Å². The summed E-state index contributed by atoms with van der Waals surface area (Å²) in [6.07, 6.45) is 0. The molecule has 0 aliphatic carbocycles. The highest BCUT2D eigenvalue weighted by Gasteiger charge is 2.03. The average molecular weight is 191 g/mol. The van der Waals surface area contributed by atoms with Crippen LogP contribution in [0.25, 0.3) is 5.70 Å². The van der Waals surface area contributed by atoms with Crippen LogP contribution in [0.3, 0.4) is 0 Å². The summed E-state index contributed by atoms with van der Waals surface area (Å²) in [5, 5.41) is 4.12. The Morgan fingerprint density at radius 3 is 2.57 bits per heavy atom. The Labute approximate surface area is 82.6 Å². The van der Waals surface area contributed by atoms with Crippen molar-refractivity contribution in [2.75, 3.05) is 7.05 Å². The minimum absolute atomic E-state index is 0.0670. The highest BCUT2D eigenvalue weighted by molar-refractivity contribution is 5.91. The number of nitrogens with zero attached hydrogens (tertiary/aromatic N) is 3. The van der Waals surface area contributed by atoms with Crippen LogP contribution < -0.4 is 5.49 Å². The number of ketones is 1. The molecule has 0 radical (unpaired) electrons. The molecule has 0 N–H and O–H groups in total. The summed E-state index contributed by atoms with van der Waals surface area (Å²) in [6.45, 7) is 7.05. The van der Waals surface area contributed by atoms with Gasteiger partial charge in [-0.15, -0.1) is 0 Å². The molecule has 1 heterocycles. The Hall–Kier alpha value is -1.71. The second-order valence-electron chi connectivity index (χ2n) is 3.00. The van der Waals surface area contributed by atoms with Crippen molar-refractivity contribution in [1.29, 1.82) is 0 Å². The van der Waals surface area contributed by atoms with Gasteiger partial charge in [0.2, 0.25) is 0 Å². The van der Waals surface area contributed by atoms with Gasteiger partial charge in [0, 0.05) is 19.7 Å². The van der Waals surface area contributed by atoms with Crippen molar-refractivity contribution in [3.63, 3.8) is 0 Å². The lowest BCUT2D eigenvalue weighted by molar-refractivity contribution is 0.101. The van der Waals surface area contributed by atoms with Gasteiger partial charge in [-0.2, -0.15) is 5.10 Å². The standard InChI is InChI=1S/C10H13N3O/c1-7(2)13-10(11-4)6-5-9(12-13)8(3)14/h5-6H,1H2,2-4H3. The minimum Gasteiger partial charge on any atom is -0.293 e. The lowest BCUT2D eigenvalue weighted by atomic mass is 10.3. The second-order valence-corrected chi connectivity index (χ2v) is 3.00. The van der Waals surface area contributed by atoms with Gasteiger partial charge in [-0.25, -0.2) is 4.68 Å². The van der Waals surface area contributed by atoms with Crippen molar-refractivity contribution in [3.8, 4) is 0 Å². The van der Waals surface area contributed by atoms with Crippen LogP contribution in [0.4, 0.5) is 0 Å². The maximum Gasteiger partial charge on any atom is 0.179 e. The van der Waals surface area contributed by atoms with Gasteiger partial charge in [-0.05, 0) is 19.1 Å². The van der Waals surface area contributed by atoms with E-state index in [2.05, 4.69) is 16.7 Å². The number of Topliss-reactive ketones (excluding diaryl/α,β-unsaturated/α-hetero) is 1. The van der Waals surface area contributed by atoms with Crippen LogP contribution in [0.5, 0.6) is 0 Å². The molecule has 0 atom stereocenters. The van der Waals surface area contributed by atoms with Gasteiger partial charge in [-0.3, -0.25) is 9.79 Å². The van der Waals surface area contributed by atoms with Gasteiger partial charge in [0.05, 0.1) is 0 Å². The van der Waals surface area contributed by atoms with E-state index >= 15 is 0 Å². The molecular formula is C10H13N3O. The van der Waals surface area contributed by atoms with Crippen molar-refractivity contribution < 1.29 is 4.79 Å². The summed E-state index contributed by atoms with van der Waals surface area (Å²) in [7, 11) is 1.67. The molecule has 4 heteroatoms. The number of rotatable bonds is 2. The van der Waals surface area contributed by atoms with Crippen molar-refractivity contribution in [2.24, 2.45) is 4.99 Å². The first-order valence-electron chi connectivity index (χ1n) is 4.26. The van der Waals surface area contributed by atoms with E-state index in [0.717, 1.165) is 5.70 Å². The molecule has 1 rings (SSSR count). The highest BCUT2D eigenvalue weighted by Crippen LogP contribution is 1.96. The van der Waals surface area contributed by atoms with Crippen LogP contribution in [0.2, 0.25) is 0 Å². The molecule has 0 fully saturated rings. The summed E-state index contributed by atoms with van der Waals surface area (Å²) >= 11 is 0. The van der Waals surface area contributed by atoms with Crippen molar-refractivity contribution in [1.82, 2.24) is 9.78 Å². The summed E-state index contributed by atoms with van der Waals surface area (Å²) in [4.78, 5) is 15.1. The van der Waals surface area contributed by atoms with E-state index in [1.54, 1.807) is 23.9 Å². The monoisotopic (exact) mass is 191 g/mol. The third-order valence-corrected chi connectivity index (χ3v) is 1.77.